The number of carbonyl (C=O) groups is 1. The van der Waals surface area contributed by atoms with Crippen molar-refractivity contribution in [2.75, 3.05) is 31.4 Å². The molecule has 0 spiro atoms. The van der Waals surface area contributed by atoms with E-state index < -0.39 is 44.0 Å². The van der Waals surface area contributed by atoms with Crippen LogP contribution in [0.2, 0.25) is 0 Å². The van der Waals surface area contributed by atoms with Crippen molar-refractivity contribution in [1.29, 1.82) is 0 Å². The highest BCUT2D eigenvalue weighted by atomic mass is 32.2. The number of sulfone groups is 1. The lowest BCUT2D eigenvalue weighted by atomic mass is 10.0. The van der Waals surface area contributed by atoms with Gasteiger partial charge in [0.15, 0.2) is 0 Å². The molecule has 0 saturated heterocycles. The minimum absolute atomic E-state index is 0.140. The fraction of sp³-hybridized carbons (Fsp3) is 0.536. The second-order valence-corrected chi connectivity index (χ2v) is 14.6. The van der Waals surface area contributed by atoms with Crippen LogP contribution >= 0.6 is 0 Å². The normalized spacial score (nSPS) is 14.4. The molecule has 0 aromatic heterocycles. The summed E-state index contributed by atoms with van der Waals surface area (Å²) in [5.74, 6) is -0.381. The number of hydrogen-bond acceptors (Lipinski definition) is 8. The minimum Gasteiger partial charge on any atom is -0.497 e. The van der Waals surface area contributed by atoms with E-state index in [-0.39, 0.29) is 30.4 Å². The van der Waals surface area contributed by atoms with Gasteiger partial charge >= 0.3 is 0 Å². The van der Waals surface area contributed by atoms with Crippen LogP contribution in [0.25, 0.3) is 0 Å². The van der Waals surface area contributed by atoms with E-state index in [4.69, 9.17) is 4.74 Å². The van der Waals surface area contributed by atoms with Crippen molar-refractivity contribution in [2.45, 2.75) is 57.8 Å². The topological polar surface area (TPSA) is 151 Å². The Bertz CT molecular complexity index is 1270. The van der Waals surface area contributed by atoms with Gasteiger partial charge in [-0.1, -0.05) is 56.3 Å². The number of amides is 1. The molecule has 1 unspecified atom stereocenters. The third-order valence-electron chi connectivity index (χ3n) is 6.33. The van der Waals surface area contributed by atoms with Gasteiger partial charge in [-0.3, -0.25) is 4.79 Å². The first kappa shape index (κ1) is 33.7. The highest BCUT2D eigenvalue weighted by Gasteiger charge is 2.27. The molecule has 0 aliphatic carbocycles. The zero-order valence-corrected chi connectivity index (χ0v) is 25.3. The van der Waals surface area contributed by atoms with Gasteiger partial charge in [-0.15, -0.1) is 0 Å². The van der Waals surface area contributed by atoms with Crippen molar-refractivity contribution in [3.8, 4) is 5.75 Å². The maximum Gasteiger partial charge on any atom is 0.238 e. The van der Waals surface area contributed by atoms with Crippen molar-refractivity contribution in [1.82, 2.24) is 15.4 Å². The number of methoxy groups -OCH3 is 1. The number of ether oxygens (including phenoxy) is 1. The molecule has 0 aliphatic heterocycles. The van der Waals surface area contributed by atoms with Crippen molar-refractivity contribution < 1.29 is 31.5 Å². The largest absolute Gasteiger partial charge is 0.497 e. The van der Waals surface area contributed by atoms with Gasteiger partial charge in [0.2, 0.25) is 15.9 Å². The zero-order valence-electron chi connectivity index (χ0n) is 23.7. The molecule has 0 saturated carbocycles. The Hall–Kier alpha value is -2.51. The molecule has 2 aromatic carbocycles. The maximum absolute atomic E-state index is 13.0. The van der Waals surface area contributed by atoms with Crippen molar-refractivity contribution >= 4 is 25.8 Å². The fourth-order valence-electron chi connectivity index (χ4n) is 3.96. The molecule has 0 bridgehead atoms. The molecule has 0 radical (unpaired) electrons. The highest BCUT2D eigenvalue weighted by molar-refractivity contribution is 7.90. The summed E-state index contributed by atoms with van der Waals surface area (Å²) in [5.41, 5.74) is 1.94. The van der Waals surface area contributed by atoms with Crippen LogP contribution in [-0.4, -0.2) is 77.5 Å². The first-order valence-corrected chi connectivity index (χ1v) is 17.0. The van der Waals surface area contributed by atoms with E-state index in [1.165, 1.54) is 0 Å². The number of hydrogen-bond donors (Lipinski definition) is 4. The van der Waals surface area contributed by atoms with Crippen LogP contribution in [0.3, 0.4) is 0 Å². The van der Waals surface area contributed by atoms with Crippen molar-refractivity contribution in [3.63, 3.8) is 0 Å². The van der Waals surface area contributed by atoms with Crippen molar-refractivity contribution in [3.05, 3.63) is 65.7 Å². The molecule has 10 nitrogen and oxygen atoms in total. The van der Waals surface area contributed by atoms with Gasteiger partial charge in [0.1, 0.15) is 21.6 Å². The zero-order chi connectivity index (χ0) is 29.8. The molecular weight excluding hydrogens is 554 g/mol. The Labute approximate surface area is 238 Å². The Morgan fingerprint density at radius 1 is 0.950 bits per heavy atom. The van der Waals surface area contributed by atoms with E-state index in [1.807, 2.05) is 68.4 Å². The Morgan fingerprint density at radius 3 is 2.25 bits per heavy atom. The van der Waals surface area contributed by atoms with E-state index in [2.05, 4.69) is 15.4 Å². The quantitative estimate of drug-likeness (QED) is 0.203. The summed E-state index contributed by atoms with van der Waals surface area (Å²) in [7, 11) is -5.67. The van der Waals surface area contributed by atoms with E-state index in [9.17, 15) is 26.7 Å². The third kappa shape index (κ3) is 13.2. The molecule has 40 heavy (non-hydrogen) atoms. The molecule has 0 aliphatic rings. The lowest BCUT2D eigenvalue weighted by molar-refractivity contribution is -0.123. The molecule has 12 heteroatoms. The van der Waals surface area contributed by atoms with Crippen LogP contribution in [-0.2, 0) is 37.6 Å². The number of aliphatic hydroxyl groups excluding tert-OH is 1. The monoisotopic (exact) mass is 597 g/mol. The molecule has 0 heterocycles. The summed E-state index contributed by atoms with van der Waals surface area (Å²) in [6.07, 6.45) is 0.656. The average Bonchev–Trinajstić information content (AvgIpc) is 2.90. The fourth-order valence-corrected chi connectivity index (χ4v) is 6.18. The summed E-state index contributed by atoms with van der Waals surface area (Å²) in [4.78, 5) is 13.0. The lowest BCUT2D eigenvalue weighted by Gasteiger charge is -2.26. The van der Waals surface area contributed by atoms with Gasteiger partial charge in [-0.05, 0) is 48.4 Å². The summed E-state index contributed by atoms with van der Waals surface area (Å²) in [6.45, 7) is 4.05. The summed E-state index contributed by atoms with van der Waals surface area (Å²) >= 11 is 0. The number of benzene rings is 2. The smallest absolute Gasteiger partial charge is 0.238 e. The lowest BCUT2D eigenvalue weighted by Crippen LogP contribution is -2.52. The number of aliphatic hydroxyl groups is 1. The minimum atomic E-state index is -3.82. The van der Waals surface area contributed by atoms with Crippen LogP contribution in [0, 0.1) is 5.92 Å². The number of rotatable bonds is 18. The van der Waals surface area contributed by atoms with E-state index >= 15 is 0 Å². The second kappa shape index (κ2) is 16.1. The van der Waals surface area contributed by atoms with Crippen molar-refractivity contribution in [2.24, 2.45) is 5.92 Å². The highest BCUT2D eigenvalue weighted by Crippen LogP contribution is 2.14. The van der Waals surface area contributed by atoms with Gasteiger partial charge < -0.3 is 20.5 Å². The molecule has 3 atom stereocenters. The van der Waals surface area contributed by atoms with Gasteiger partial charge in [-0.2, -0.15) is 0 Å². The Kier molecular flexibility index (Phi) is 13.5. The molecule has 2 rings (SSSR count). The summed E-state index contributed by atoms with van der Waals surface area (Å²) in [5, 5.41) is 17.0. The Morgan fingerprint density at radius 2 is 1.62 bits per heavy atom. The van der Waals surface area contributed by atoms with Gasteiger partial charge in [0.05, 0.1) is 24.7 Å². The SMILES string of the molecule is COc1cccc(CNC(Cc2ccccc2)[C@H](O)CNC(=O)[C@H](CCS(C)(=O)=O)NS(=O)(=O)CCC(C)C)c1. The van der Waals surface area contributed by atoms with Gasteiger partial charge in [-0.25, -0.2) is 21.6 Å². The second-order valence-electron chi connectivity index (χ2n) is 10.4. The third-order valence-corrected chi connectivity index (χ3v) is 8.72. The van der Waals surface area contributed by atoms with Crippen LogP contribution in [0.1, 0.15) is 37.8 Å². The predicted octanol–water partition coefficient (Wildman–Crippen LogP) is 1.64. The predicted molar refractivity (Wildman–Crippen MR) is 157 cm³/mol. The van der Waals surface area contributed by atoms with E-state index in [0.717, 1.165) is 17.4 Å². The first-order chi connectivity index (χ1) is 18.8. The standard InChI is InChI=1S/C28H43N3O7S2/c1-21(2)13-16-40(36,37)31-25(14-15-39(4,34)35)28(33)30-20-27(32)26(18-22-9-6-5-7-10-22)29-19-23-11-8-12-24(17-23)38-3/h5-12,17,21,25-27,29,31-32H,13-16,18-20H2,1-4H3,(H,30,33)/t25-,26?,27+/m0/s1. The molecule has 4 N–H and O–H groups in total. The van der Waals surface area contributed by atoms with Crippen LogP contribution in [0.4, 0.5) is 0 Å². The van der Waals surface area contributed by atoms with Gasteiger partial charge in [0, 0.05) is 25.4 Å². The average molecular weight is 598 g/mol. The van der Waals surface area contributed by atoms with Crippen LogP contribution in [0.5, 0.6) is 5.75 Å². The number of nitrogens with one attached hydrogen (secondary N) is 3. The molecular formula is C28H43N3O7S2. The summed E-state index contributed by atoms with van der Waals surface area (Å²) < 4.78 is 56.3. The maximum atomic E-state index is 13.0. The number of carbonyl (C=O) groups excluding carboxylic acids is 1. The molecule has 0 fully saturated rings. The van der Waals surface area contributed by atoms with Crippen LogP contribution in [0.15, 0.2) is 54.6 Å². The van der Waals surface area contributed by atoms with E-state index in [1.54, 1.807) is 7.11 Å². The molecule has 2 aromatic rings. The first-order valence-electron chi connectivity index (χ1n) is 13.3. The molecule has 1 amide bonds. The van der Waals surface area contributed by atoms with E-state index in [0.29, 0.717) is 25.1 Å². The van der Waals surface area contributed by atoms with Crippen LogP contribution < -0.4 is 20.1 Å². The Balaban J connectivity index is 2.11. The van der Waals surface area contributed by atoms with Gasteiger partial charge in [0.25, 0.3) is 0 Å². The number of sulfonamides is 1. The summed E-state index contributed by atoms with van der Waals surface area (Å²) in [6, 6.07) is 15.4. The molecule has 224 valence electrons.